The van der Waals surface area contributed by atoms with Gasteiger partial charge in [0.15, 0.2) is 11.5 Å². The fourth-order valence-corrected chi connectivity index (χ4v) is 2.28. The Labute approximate surface area is 147 Å². The molecule has 25 heavy (non-hydrogen) atoms. The molecule has 1 rings (SSSR count). The number of carbonyl (C=O) groups excluding carboxylic acids is 2. The maximum atomic E-state index is 11.5. The number of carbonyl (C=O) groups is 2. The van der Waals surface area contributed by atoms with E-state index >= 15 is 0 Å². The van der Waals surface area contributed by atoms with Crippen molar-refractivity contribution in [2.24, 2.45) is 0 Å². The molecule has 0 unspecified atom stereocenters. The van der Waals surface area contributed by atoms with Crippen LogP contribution in [0.15, 0.2) is 12.1 Å². The van der Waals surface area contributed by atoms with Gasteiger partial charge in [-0.3, -0.25) is 9.59 Å². The van der Waals surface area contributed by atoms with Crippen LogP contribution < -0.4 is 19.1 Å². The number of hydrogen-bond donors (Lipinski definition) is 0. The van der Waals surface area contributed by atoms with Crippen LogP contribution in [0, 0.1) is 0 Å². The minimum Gasteiger partial charge on any atom is -0.493 e. The standard InChI is InChI=1S/C17H25NO7/c1-21-13-10-12(11-14(22-2)17(13)25-5)18(8-6-15(19)23-3)9-7-16(20)24-4/h10-11H,6-9H2,1-5H3. The van der Waals surface area contributed by atoms with Crippen molar-refractivity contribution in [2.45, 2.75) is 12.8 Å². The molecule has 8 nitrogen and oxygen atoms in total. The van der Waals surface area contributed by atoms with Gasteiger partial charge in [-0.1, -0.05) is 0 Å². The highest BCUT2D eigenvalue weighted by atomic mass is 16.5. The molecule has 0 spiro atoms. The number of esters is 2. The third-order valence-corrected chi connectivity index (χ3v) is 3.64. The van der Waals surface area contributed by atoms with Crippen LogP contribution in [0.5, 0.6) is 17.2 Å². The normalized spacial score (nSPS) is 9.96. The molecule has 0 saturated heterocycles. The van der Waals surface area contributed by atoms with Crippen molar-refractivity contribution in [3.8, 4) is 17.2 Å². The zero-order chi connectivity index (χ0) is 18.8. The lowest BCUT2D eigenvalue weighted by atomic mass is 10.2. The SMILES string of the molecule is COC(=O)CCN(CCC(=O)OC)c1cc(OC)c(OC)c(OC)c1. The average molecular weight is 355 g/mol. The molecular weight excluding hydrogens is 330 g/mol. The Balaban J connectivity index is 3.13. The summed E-state index contributed by atoms with van der Waals surface area (Å²) in [5.41, 5.74) is 0.724. The molecule has 1 aromatic carbocycles. The summed E-state index contributed by atoms with van der Waals surface area (Å²) >= 11 is 0. The zero-order valence-electron chi connectivity index (χ0n) is 15.3. The molecule has 0 N–H and O–H groups in total. The second-order valence-corrected chi connectivity index (χ2v) is 5.02. The first kappa shape index (κ1) is 20.4. The van der Waals surface area contributed by atoms with E-state index < -0.39 is 0 Å². The quantitative estimate of drug-likeness (QED) is 0.586. The number of ether oxygens (including phenoxy) is 5. The minimum absolute atomic E-state index is 0.175. The number of rotatable bonds is 10. The minimum atomic E-state index is -0.337. The zero-order valence-corrected chi connectivity index (χ0v) is 15.3. The largest absolute Gasteiger partial charge is 0.493 e. The van der Waals surface area contributed by atoms with Crippen LogP contribution in [-0.2, 0) is 19.1 Å². The summed E-state index contributed by atoms with van der Waals surface area (Å²) < 4.78 is 25.4. The Kier molecular flexibility index (Phi) is 8.38. The predicted octanol–water partition coefficient (Wildman–Crippen LogP) is 1.64. The van der Waals surface area contributed by atoms with Crippen molar-refractivity contribution in [2.75, 3.05) is 53.5 Å². The number of hydrogen-bond acceptors (Lipinski definition) is 8. The Morgan fingerprint density at radius 3 is 1.56 bits per heavy atom. The summed E-state index contributed by atoms with van der Waals surface area (Å²) in [6.45, 7) is 0.727. The first-order chi connectivity index (χ1) is 12.0. The fraction of sp³-hybridized carbons (Fsp3) is 0.529. The highest BCUT2D eigenvalue weighted by Gasteiger charge is 2.18. The van der Waals surface area contributed by atoms with Gasteiger partial charge in [-0.15, -0.1) is 0 Å². The molecule has 8 heteroatoms. The van der Waals surface area contributed by atoms with Crippen molar-refractivity contribution in [1.29, 1.82) is 0 Å². The first-order valence-electron chi connectivity index (χ1n) is 7.69. The predicted molar refractivity (Wildman–Crippen MR) is 91.6 cm³/mol. The van der Waals surface area contributed by atoms with Gasteiger partial charge in [-0.2, -0.15) is 0 Å². The molecule has 0 aliphatic heterocycles. The van der Waals surface area contributed by atoms with Crippen molar-refractivity contribution in [1.82, 2.24) is 0 Å². The Hall–Kier alpha value is -2.64. The van der Waals surface area contributed by atoms with Gasteiger partial charge in [0, 0.05) is 30.9 Å². The molecule has 0 aromatic heterocycles. The van der Waals surface area contributed by atoms with Gasteiger partial charge in [0.2, 0.25) is 5.75 Å². The number of benzene rings is 1. The van der Waals surface area contributed by atoms with Crippen LogP contribution in [0.1, 0.15) is 12.8 Å². The molecule has 140 valence electrons. The van der Waals surface area contributed by atoms with E-state index in [0.29, 0.717) is 30.3 Å². The monoisotopic (exact) mass is 355 g/mol. The number of methoxy groups -OCH3 is 5. The van der Waals surface area contributed by atoms with Crippen molar-refractivity contribution < 1.29 is 33.3 Å². The summed E-state index contributed by atoms with van der Waals surface area (Å²) in [7, 11) is 7.23. The molecule has 0 aliphatic rings. The summed E-state index contributed by atoms with van der Waals surface area (Å²) in [5.74, 6) is 0.761. The summed E-state index contributed by atoms with van der Waals surface area (Å²) in [5, 5.41) is 0. The maximum absolute atomic E-state index is 11.5. The molecule has 0 bridgehead atoms. The smallest absolute Gasteiger partial charge is 0.307 e. The van der Waals surface area contributed by atoms with Crippen LogP contribution in [0.4, 0.5) is 5.69 Å². The van der Waals surface area contributed by atoms with E-state index in [2.05, 4.69) is 9.47 Å². The molecule has 0 saturated carbocycles. The molecule has 0 fully saturated rings. The van der Waals surface area contributed by atoms with Gasteiger partial charge in [-0.05, 0) is 0 Å². The molecule has 0 heterocycles. The topological polar surface area (TPSA) is 83.5 Å². The van der Waals surface area contributed by atoms with Crippen LogP contribution in [0.2, 0.25) is 0 Å². The van der Waals surface area contributed by atoms with Crippen molar-refractivity contribution >= 4 is 17.6 Å². The lowest BCUT2D eigenvalue weighted by molar-refractivity contribution is -0.140. The highest BCUT2D eigenvalue weighted by molar-refractivity contribution is 5.72. The molecular formula is C17H25NO7. The van der Waals surface area contributed by atoms with E-state index in [0.717, 1.165) is 5.69 Å². The maximum Gasteiger partial charge on any atom is 0.307 e. The Bertz CT molecular complexity index is 543. The fourth-order valence-electron chi connectivity index (χ4n) is 2.28. The van der Waals surface area contributed by atoms with Gasteiger partial charge >= 0.3 is 11.9 Å². The van der Waals surface area contributed by atoms with Crippen LogP contribution in [-0.4, -0.2) is 60.6 Å². The van der Waals surface area contributed by atoms with E-state index in [4.69, 9.17) is 14.2 Å². The van der Waals surface area contributed by atoms with Crippen molar-refractivity contribution in [3.63, 3.8) is 0 Å². The molecule has 1 aromatic rings. The van der Waals surface area contributed by atoms with E-state index in [1.807, 2.05) is 4.90 Å². The van der Waals surface area contributed by atoms with Gasteiger partial charge < -0.3 is 28.6 Å². The number of anilines is 1. The van der Waals surface area contributed by atoms with E-state index in [1.54, 1.807) is 12.1 Å². The molecule has 0 amide bonds. The van der Waals surface area contributed by atoms with Crippen LogP contribution in [0.3, 0.4) is 0 Å². The van der Waals surface area contributed by atoms with Gasteiger partial charge in [0.1, 0.15) is 0 Å². The van der Waals surface area contributed by atoms with E-state index in [1.165, 1.54) is 35.5 Å². The van der Waals surface area contributed by atoms with Gasteiger partial charge in [0.05, 0.1) is 48.4 Å². The molecule has 0 aliphatic carbocycles. The second kappa shape index (κ2) is 10.3. The second-order valence-electron chi connectivity index (χ2n) is 5.02. The van der Waals surface area contributed by atoms with E-state index in [9.17, 15) is 9.59 Å². The molecule has 0 atom stereocenters. The average Bonchev–Trinajstić information content (AvgIpc) is 2.65. The first-order valence-corrected chi connectivity index (χ1v) is 7.69. The third kappa shape index (κ3) is 5.74. The summed E-state index contributed by atoms with van der Waals surface area (Å²) in [4.78, 5) is 24.8. The molecule has 0 radical (unpaired) electrons. The van der Waals surface area contributed by atoms with Gasteiger partial charge in [-0.25, -0.2) is 0 Å². The Morgan fingerprint density at radius 2 is 1.24 bits per heavy atom. The van der Waals surface area contributed by atoms with Gasteiger partial charge in [0.25, 0.3) is 0 Å². The lowest BCUT2D eigenvalue weighted by Crippen LogP contribution is -2.29. The third-order valence-electron chi connectivity index (χ3n) is 3.64. The number of nitrogens with zero attached hydrogens (tertiary/aromatic N) is 1. The van der Waals surface area contributed by atoms with E-state index in [-0.39, 0.29) is 24.8 Å². The summed E-state index contributed by atoms with van der Waals surface area (Å²) in [6, 6.07) is 3.52. The lowest BCUT2D eigenvalue weighted by Gasteiger charge is -2.25. The van der Waals surface area contributed by atoms with Crippen molar-refractivity contribution in [3.05, 3.63) is 12.1 Å². The summed E-state index contributed by atoms with van der Waals surface area (Å²) in [6.07, 6.45) is 0.350. The highest BCUT2D eigenvalue weighted by Crippen LogP contribution is 2.41. The Morgan fingerprint density at radius 1 is 0.800 bits per heavy atom. The van der Waals surface area contributed by atoms with Crippen LogP contribution >= 0.6 is 0 Å². The van der Waals surface area contributed by atoms with Crippen LogP contribution in [0.25, 0.3) is 0 Å².